The van der Waals surface area contributed by atoms with Crippen molar-refractivity contribution in [3.05, 3.63) is 85.1 Å². The Balaban J connectivity index is 0.000000686. The van der Waals surface area contributed by atoms with E-state index < -0.39 is 25.3 Å². The molecule has 32 heavy (non-hydrogen) atoms. The van der Waals surface area contributed by atoms with Gasteiger partial charge in [0.1, 0.15) is 0 Å². The molecule has 6 heteroatoms. The Morgan fingerprint density at radius 2 is 1.53 bits per heavy atom. The van der Waals surface area contributed by atoms with Gasteiger partial charge < -0.3 is 17.3 Å². The Labute approximate surface area is 211 Å². The van der Waals surface area contributed by atoms with Gasteiger partial charge in [0.15, 0.2) is 8.24 Å². The van der Waals surface area contributed by atoms with Crippen molar-refractivity contribution >= 4 is 49.6 Å². The fraction of sp³-hybridized carbons (Fsp3) is 0.346. The summed E-state index contributed by atoms with van der Waals surface area (Å²) in [6.45, 7) is 9.95. The zero-order chi connectivity index (χ0) is 22.2. The van der Waals surface area contributed by atoms with Crippen molar-refractivity contribution in [2.24, 2.45) is 17.8 Å². The number of anilines is 2. The average molecular weight is 519 g/mol. The second-order valence-electron chi connectivity index (χ2n) is 9.37. The first-order valence-electron chi connectivity index (χ1n) is 10.9. The van der Waals surface area contributed by atoms with Crippen LogP contribution in [0.15, 0.2) is 72.3 Å². The van der Waals surface area contributed by atoms with Crippen LogP contribution in [0.1, 0.15) is 20.3 Å². The molecule has 0 amide bonds. The van der Waals surface area contributed by atoms with E-state index in [4.69, 9.17) is 23.9 Å². The number of rotatable bonds is 2. The summed E-state index contributed by atoms with van der Waals surface area (Å²) in [5.41, 5.74) is 7.11. The van der Waals surface area contributed by atoms with Crippen LogP contribution < -0.4 is 4.57 Å². The normalized spacial score (nSPS) is 25.1. The molecule has 2 nitrogen and oxygen atoms in total. The first kappa shape index (κ1) is 25.7. The van der Waals surface area contributed by atoms with E-state index in [-0.39, 0.29) is 7.43 Å². The van der Waals surface area contributed by atoms with Crippen LogP contribution >= 0.6 is 18.6 Å². The van der Waals surface area contributed by atoms with E-state index in [1.54, 1.807) is 5.57 Å². The summed E-state index contributed by atoms with van der Waals surface area (Å²) in [4.78, 5) is 0. The molecule has 5 rings (SSSR count). The second-order valence-corrected chi connectivity index (χ2v) is 16.4. The van der Waals surface area contributed by atoms with Crippen LogP contribution in [-0.2, 0) is 17.0 Å². The number of allylic oxidation sites excluding steroid dienone is 4. The van der Waals surface area contributed by atoms with E-state index in [2.05, 4.69) is 98.3 Å². The van der Waals surface area contributed by atoms with Gasteiger partial charge >= 0.3 is 35.6 Å². The molecule has 0 radical (unpaired) electrons. The molecule has 0 bridgehead atoms. The van der Waals surface area contributed by atoms with Gasteiger partial charge in [-0.25, -0.2) is 0 Å². The molecule has 3 aliphatic rings. The summed E-state index contributed by atoms with van der Waals surface area (Å²) in [7, 11) is 7.92. The van der Waals surface area contributed by atoms with Gasteiger partial charge in [-0.1, -0.05) is 80.2 Å². The van der Waals surface area contributed by atoms with Crippen molar-refractivity contribution in [2.45, 2.75) is 38.9 Å². The third-order valence-electron chi connectivity index (χ3n) is 7.31. The molecular formula is C26H32Cl2N2SiTi-2. The average Bonchev–Trinajstić information content (AvgIpc) is 3.11. The van der Waals surface area contributed by atoms with Gasteiger partial charge in [0, 0.05) is 11.4 Å². The SMILES string of the molecule is CC1=CC=C[C@@H]2C([Si](C)(C)N3c4ccccc4[N-]c4ccccc43)C[C@H](C)[C@H]12.[CH3-].[Cl][Ti][Cl]. The summed E-state index contributed by atoms with van der Waals surface area (Å²) >= 11 is -0.556. The monoisotopic (exact) mass is 518 g/mol. The molecule has 1 heterocycles. The van der Waals surface area contributed by atoms with E-state index in [9.17, 15) is 0 Å². The summed E-state index contributed by atoms with van der Waals surface area (Å²) in [5.74, 6) is 2.13. The van der Waals surface area contributed by atoms with Crippen LogP contribution in [0.25, 0.3) is 5.32 Å². The Morgan fingerprint density at radius 1 is 1.00 bits per heavy atom. The molecule has 1 fully saturated rings. The molecule has 2 aromatic rings. The van der Waals surface area contributed by atoms with Crippen molar-refractivity contribution in [3.8, 4) is 0 Å². The third-order valence-corrected chi connectivity index (χ3v) is 11.4. The Morgan fingerprint density at radius 3 is 2.09 bits per heavy atom. The number of para-hydroxylation sites is 4. The predicted molar refractivity (Wildman–Crippen MR) is 141 cm³/mol. The third kappa shape index (κ3) is 4.52. The number of hydrogen-bond donors (Lipinski definition) is 0. The first-order chi connectivity index (χ1) is 14.9. The maximum atomic E-state index is 4.97. The molecule has 0 aromatic heterocycles. The van der Waals surface area contributed by atoms with E-state index in [1.807, 2.05) is 0 Å². The molecule has 170 valence electrons. The van der Waals surface area contributed by atoms with Crippen LogP contribution in [0.5, 0.6) is 0 Å². The van der Waals surface area contributed by atoms with E-state index in [0.29, 0.717) is 11.8 Å². The Hall–Kier alpha value is -0.969. The molecule has 1 aliphatic heterocycles. The molecule has 0 N–H and O–H groups in total. The van der Waals surface area contributed by atoms with Gasteiger partial charge in [-0.15, -0.1) is 11.4 Å². The van der Waals surface area contributed by atoms with Gasteiger partial charge in [0.05, 0.1) is 0 Å². The second kappa shape index (κ2) is 10.5. The molecule has 1 unspecified atom stereocenters. The van der Waals surface area contributed by atoms with Crippen molar-refractivity contribution in [3.63, 3.8) is 0 Å². The predicted octanol–water partition coefficient (Wildman–Crippen LogP) is 9.67. The van der Waals surface area contributed by atoms with Crippen molar-refractivity contribution in [1.29, 1.82) is 0 Å². The maximum absolute atomic E-state index is 4.97. The van der Waals surface area contributed by atoms with Crippen LogP contribution in [0.4, 0.5) is 22.7 Å². The fourth-order valence-electron chi connectivity index (χ4n) is 6.09. The zero-order valence-corrected chi connectivity index (χ0v) is 23.6. The molecule has 1 saturated carbocycles. The van der Waals surface area contributed by atoms with E-state index >= 15 is 0 Å². The zero-order valence-electron chi connectivity index (χ0n) is 19.5. The number of hydrogen-bond acceptors (Lipinski definition) is 1. The van der Waals surface area contributed by atoms with Gasteiger partial charge in [0.2, 0.25) is 0 Å². The van der Waals surface area contributed by atoms with Gasteiger partial charge in [0.25, 0.3) is 0 Å². The van der Waals surface area contributed by atoms with Crippen LogP contribution in [-0.4, -0.2) is 8.24 Å². The molecule has 2 aromatic carbocycles. The van der Waals surface area contributed by atoms with Crippen molar-refractivity contribution in [2.75, 3.05) is 4.57 Å². The van der Waals surface area contributed by atoms with Gasteiger partial charge in [-0.05, 0) is 48.8 Å². The van der Waals surface area contributed by atoms with E-state index in [1.165, 1.54) is 17.8 Å². The summed E-state index contributed by atoms with van der Waals surface area (Å²) < 4.78 is 2.71. The summed E-state index contributed by atoms with van der Waals surface area (Å²) in [5, 5.41) is 4.97. The fourth-order valence-corrected chi connectivity index (χ4v) is 10.2. The molecule has 0 spiro atoms. The van der Waals surface area contributed by atoms with Crippen LogP contribution in [0, 0.1) is 25.2 Å². The van der Waals surface area contributed by atoms with Crippen LogP contribution in [0.3, 0.4) is 0 Å². The van der Waals surface area contributed by atoms with E-state index in [0.717, 1.165) is 22.8 Å². The topological polar surface area (TPSA) is 17.3 Å². The number of halogens is 2. The number of nitrogens with zero attached hydrogens (tertiary/aromatic N) is 2. The molecular weight excluding hydrogens is 487 g/mol. The first-order valence-corrected chi connectivity index (χ1v) is 18.2. The Kier molecular flexibility index (Phi) is 8.44. The molecule has 2 aliphatic carbocycles. The van der Waals surface area contributed by atoms with Crippen molar-refractivity contribution in [1.82, 2.24) is 0 Å². The molecule has 0 saturated heterocycles. The summed E-state index contributed by atoms with van der Waals surface area (Å²) in [6.07, 6.45) is 8.47. The standard InChI is InChI=1S/C25H29N2Si.CH3.2ClH.Ti/c1-17-10-9-11-19-24(16-18(2)25(17)19)28(3,4)27-22-14-7-5-12-20(22)26-21-13-6-8-15-23(21)27;;;;/h5-15,18-19,24-25H,16H2,1-4H3;1H3;2*1H;/q2*-1;;;+2/p-2/t18-,19+,24?,25-;;;;/m0..../s1. The molecule has 4 atom stereocenters. The van der Waals surface area contributed by atoms with Crippen molar-refractivity contribution < 1.29 is 17.0 Å². The minimum absolute atomic E-state index is 0. The quantitative estimate of drug-likeness (QED) is 0.285. The number of fused-ring (bicyclic) bond motifs is 3. The number of benzene rings is 2. The summed E-state index contributed by atoms with van der Waals surface area (Å²) in [6, 6.07) is 17.4. The van der Waals surface area contributed by atoms with Gasteiger partial charge in [-0.2, -0.15) is 0 Å². The minimum atomic E-state index is -1.86. The van der Waals surface area contributed by atoms with Gasteiger partial charge in [-0.3, -0.25) is 0 Å². The van der Waals surface area contributed by atoms with Crippen LogP contribution in [0.2, 0.25) is 18.6 Å². The Bertz CT molecular complexity index is 961.